The van der Waals surface area contributed by atoms with Crippen LogP contribution in [0.2, 0.25) is 0 Å². The molecule has 1 aliphatic rings. The van der Waals surface area contributed by atoms with Gasteiger partial charge in [0.1, 0.15) is 17.3 Å². The maximum absolute atomic E-state index is 12.1. The van der Waals surface area contributed by atoms with Crippen molar-refractivity contribution in [1.82, 2.24) is 25.0 Å². The Morgan fingerprint density at radius 1 is 1.14 bits per heavy atom. The minimum Gasteiger partial charge on any atom is -0.497 e. The number of hydrogen-bond acceptors (Lipinski definition) is 6. The Morgan fingerprint density at radius 2 is 1.86 bits per heavy atom. The SMILES string of the molecule is CCC(C)C(=O)NCc1nnc2n1CCN(Cc1cc(OC)cc(OC)c1)CC2. The van der Waals surface area contributed by atoms with Crippen LogP contribution in [0, 0.1) is 5.92 Å². The van der Waals surface area contributed by atoms with Gasteiger partial charge in [-0.15, -0.1) is 10.2 Å². The largest absolute Gasteiger partial charge is 0.497 e. The third kappa shape index (κ3) is 5.26. The Kier molecular flexibility index (Phi) is 7.09. The molecule has 1 N–H and O–H groups in total. The summed E-state index contributed by atoms with van der Waals surface area (Å²) in [6.07, 6.45) is 1.65. The van der Waals surface area contributed by atoms with Gasteiger partial charge < -0.3 is 19.4 Å². The molecule has 8 nitrogen and oxygen atoms in total. The second-order valence-corrected chi connectivity index (χ2v) is 7.46. The molecule has 0 saturated heterocycles. The van der Waals surface area contributed by atoms with E-state index in [0.29, 0.717) is 6.54 Å². The molecule has 1 aromatic carbocycles. The van der Waals surface area contributed by atoms with Gasteiger partial charge in [-0.1, -0.05) is 13.8 Å². The van der Waals surface area contributed by atoms with Gasteiger partial charge in [0, 0.05) is 44.6 Å². The summed E-state index contributed by atoms with van der Waals surface area (Å²) in [5.74, 6) is 3.46. The van der Waals surface area contributed by atoms with Crippen LogP contribution in [0.15, 0.2) is 18.2 Å². The van der Waals surface area contributed by atoms with Crippen molar-refractivity contribution in [2.24, 2.45) is 5.92 Å². The van der Waals surface area contributed by atoms with Crippen molar-refractivity contribution in [3.05, 3.63) is 35.4 Å². The minimum absolute atomic E-state index is 0.0110. The van der Waals surface area contributed by atoms with Crippen molar-refractivity contribution in [3.63, 3.8) is 0 Å². The van der Waals surface area contributed by atoms with Gasteiger partial charge in [-0.2, -0.15) is 0 Å². The fourth-order valence-electron chi connectivity index (χ4n) is 3.46. The summed E-state index contributed by atoms with van der Waals surface area (Å²) in [4.78, 5) is 14.5. The first-order valence-corrected chi connectivity index (χ1v) is 10.2. The summed E-state index contributed by atoms with van der Waals surface area (Å²) >= 11 is 0. The summed E-state index contributed by atoms with van der Waals surface area (Å²) in [5, 5.41) is 11.6. The number of methoxy groups -OCH3 is 2. The van der Waals surface area contributed by atoms with Crippen molar-refractivity contribution in [2.45, 2.75) is 46.3 Å². The van der Waals surface area contributed by atoms with Crippen LogP contribution in [0.1, 0.15) is 37.5 Å². The zero-order valence-corrected chi connectivity index (χ0v) is 17.8. The highest BCUT2D eigenvalue weighted by Gasteiger charge is 2.20. The van der Waals surface area contributed by atoms with E-state index in [0.717, 1.165) is 67.7 Å². The molecule has 1 unspecified atom stereocenters. The van der Waals surface area contributed by atoms with Crippen molar-refractivity contribution >= 4 is 5.91 Å². The molecule has 0 saturated carbocycles. The lowest BCUT2D eigenvalue weighted by atomic mass is 10.1. The molecule has 1 atom stereocenters. The monoisotopic (exact) mass is 401 g/mol. The average molecular weight is 402 g/mol. The molecule has 2 aromatic rings. The highest BCUT2D eigenvalue weighted by molar-refractivity contribution is 5.78. The number of hydrogen-bond donors (Lipinski definition) is 1. The van der Waals surface area contributed by atoms with Gasteiger partial charge in [0.05, 0.1) is 20.8 Å². The van der Waals surface area contributed by atoms with Crippen LogP contribution in [-0.4, -0.2) is 52.9 Å². The average Bonchev–Trinajstić information content (AvgIpc) is 3.03. The molecular formula is C21H31N5O3. The van der Waals surface area contributed by atoms with Gasteiger partial charge in [-0.3, -0.25) is 9.69 Å². The molecule has 8 heteroatoms. The normalized spacial score (nSPS) is 15.3. The molecule has 158 valence electrons. The Balaban J connectivity index is 1.62. The van der Waals surface area contributed by atoms with E-state index in [-0.39, 0.29) is 11.8 Å². The van der Waals surface area contributed by atoms with E-state index in [2.05, 4.69) is 25.0 Å². The molecule has 3 rings (SSSR count). The fourth-order valence-corrected chi connectivity index (χ4v) is 3.46. The number of carbonyl (C=O) groups is 1. The zero-order valence-electron chi connectivity index (χ0n) is 17.8. The van der Waals surface area contributed by atoms with Crippen molar-refractivity contribution < 1.29 is 14.3 Å². The van der Waals surface area contributed by atoms with E-state index < -0.39 is 0 Å². The molecule has 0 bridgehead atoms. The Morgan fingerprint density at radius 3 is 2.52 bits per heavy atom. The summed E-state index contributed by atoms with van der Waals surface area (Å²) in [7, 11) is 3.33. The Labute approximate surface area is 172 Å². The third-order valence-electron chi connectivity index (χ3n) is 5.49. The number of carbonyl (C=O) groups excluding carboxylic acids is 1. The van der Waals surface area contributed by atoms with E-state index in [1.54, 1.807) is 14.2 Å². The van der Waals surface area contributed by atoms with Crippen LogP contribution in [0.25, 0.3) is 0 Å². The quantitative estimate of drug-likeness (QED) is 0.729. The molecule has 1 amide bonds. The van der Waals surface area contributed by atoms with Crippen LogP contribution in [0.4, 0.5) is 0 Å². The number of benzene rings is 1. The van der Waals surface area contributed by atoms with Crippen LogP contribution in [-0.2, 0) is 30.8 Å². The van der Waals surface area contributed by atoms with Crippen molar-refractivity contribution in [1.29, 1.82) is 0 Å². The van der Waals surface area contributed by atoms with Crippen LogP contribution in [0.5, 0.6) is 11.5 Å². The van der Waals surface area contributed by atoms with E-state index in [1.165, 1.54) is 0 Å². The lowest BCUT2D eigenvalue weighted by Gasteiger charge is -2.20. The number of rotatable bonds is 8. The Hall–Kier alpha value is -2.61. The molecular weight excluding hydrogens is 370 g/mol. The smallest absolute Gasteiger partial charge is 0.223 e. The van der Waals surface area contributed by atoms with E-state index >= 15 is 0 Å². The molecule has 0 aliphatic carbocycles. The zero-order chi connectivity index (χ0) is 20.8. The molecule has 2 heterocycles. The highest BCUT2D eigenvalue weighted by atomic mass is 16.5. The van der Waals surface area contributed by atoms with Crippen LogP contribution in [0.3, 0.4) is 0 Å². The van der Waals surface area contributed by atoms with E-state index in [1.807, 2.05) is 32.0 Å². The predicted octanol–water partition coefficient (Wildman–Crippen LogP) is 2.02. The molecule has 0 radical (unpaired) electrons. The number of fused-ring (bicyclic) bond motifs is 1. The maximum Gasteiger partial charge on any atom is 0.223 e. The first kappa shape index (κ1) is 21.1. The lowest BCUT2D eigenvalue weighted by molar-refractivity contribution is -0.124. The van der Waals surface area contributed by atoms with Crippen molar-refractivity contribution in [3.8, 4) is 11.5 Å². The van der Waals surface area contributed by atoms with E-state index in [9.17, 15) is 4.79 Å². The first-order valence-electron chi connectivity index (χ1n) is 10.2. The van der Waals surface area contributed by atoms with Gasteiger partial charge in [-0.25, -0.2) is 0 Å². The Bertz CT molecular complexity index is 813. The summed E-state index contributed by atoms with van der Waals surface area (Å²) in [5.41, 5.74) is 1.15. The highest BCUT2D eigenvalue weighted by Crippen LogP contribution is 2.24. The summed E-state index contributed by atoms with van der Waals surface area (Å²) in [6, 6.07) is 5.97. The summed E-state index contributed by atoms with van der Waals surface area (Å²) in [6.45, 7) is 7.77. The molecule has 0 fully saturated rings. The second-order valence-electron chi connectivity index (χ2n) is 7.46. The van der Waals surface area contributed by atoms with Gasteiger partial charge in [-0.05, 0) is 24.1 Å². The standard InChI is InChI=1S/C21H31N5O3/c1-5-15(2)21(27)22-13-20-24-23-19-6-7-25(8-9-26(19)20)14-16-10-17(28-3)12-18(11-16)29-4/h10-12,15H,5-9,13-14H2,1-4H3,(H,22,27). The predicted molar refractivity (Wildman–Crippen MR) is 110 cm³/mol. The first-order chi connectivity index (χ1) is 14.0. The number of nitrogens with one attached hydrogen (secondary N) is 1. The van der Waals surface area contributed by atoms with Gasteiger partial charge in [0.2, 0.25) is 5.91 Å². The lowest BCUT2D eigenvalue weighted by Crippen LogP contribution is -2.30. The number of ether oxygens (including phenoxy) is 2. The number of aromatic nitrogens is 3. The van der Waals surface area contributed by atoms with Gasteiger partial charge in [0.15, 0.2) is 5.82 Å². The molecule has 0 spiro atoms. The van der Waals surface area contributed by atoms with Gasteiger partial charge in [0.25, 0.3) is 0 Å². The molecule has 1 aromatic heterocycles. The van der Waals surface area contributed by atoms with Crippen molar-refractivity contribution in [2.75, 3.05) is 27.3 Å². The summed E-state index contributed by atoms with van der Waals surface area (Å²) < 4.78 is 12.9. The number of amides is 1. The second kappa shape index (κ2) is 9.73. The molecule has 29 heavy (non-hydrogen) atoms. The van der Waals surface area contributed by atoms with Gasteiger partial charge >= 0.3 is 0 Å². The number of nitrogens with zero attached hydrogens (tertiary/aromatic N) is 4. The fraction of sp³-hybridized carbons (Fsp3) is 0.571. The maximum atomic E-state index is 12.1. The minimum atomic E-state index is 0.0110. The van der Waals surface area contributed by atoms with Crippen LogP contribution < -0.4 is 14.8 Å². The topological polar surface area (TPSA) is 81.5 Å². The van der Waals surface area contributed by atoms with E-state index in [4.69, 9.17) is 9.47 Å². The van der Waals surface area contributed by atoms with Crippen LogP contribution >= 0.6 is 0 Å². The molecule has 1 aliphatic heterocycles. The third-order valence-corrected chi connectivity index (χ3v) is 5.49.